The number of anilines is 1. The summed E-state index contributed by atoms with van der Waals surface area (Å²) >= 11 is 1.58. The molecule has 0 saturated carbocycles. The van der Waals surface area contributed by atoms with Crippen LogP contribution in [-0.2, 0) is 6.54 Å². The fourth-order valence-electron chi connectivity index (χ4n) is 3.33. The maximum absolute atomic E-state index is 13.2. The fourth-order valence-corrected chi connectivity index (χ4v) is 4.49. The summed E-state index contributed by atoms with van der Waals surface area (Å²) in [7, 11) is 0. The van der Waals surface area contributed by atoms with Crippen LogP contribution in [0, 0.1) is 13.8 Å². The van der Waals surface area contributed by atoms with Crippen LogP contribution in [0.5, 0.6) is 0 Å². The first kappa shape index (κ1) is 18.4. The number of nitrogens with zero attached hydrogens (tertiary/aromatic N) is 4. The van der Waals surface area contributed by atoms with Crippen molar-refractivity contribution in [2.24, 2.45) is 0 Å². The molecule has 0 saturated heterocycles. The molecule has 0 bridgehead atoms. The Balaban J connectivity index is 1.65. The van der Waals surface area contributed by atoms with Gasteiger partial charge in [0.05, 0.1) is 16.5 Å². The van der Waals surface area contributed by atoms with E-state index in [1.165, 1.54) is 5.56 Å². The molecule has 0 aliphatic rings. The Morgan fingerprint density at radius 3 is 2.75 bits per heavy atom. The van der Waals surface area contributed by atoms with Gasteiger partial charge in [-0.15, -0.1) is 0 Å². The summed E-state index contributed by atoms with van der Waals surface area (Å²) < 4.78 is 3.14. The van der Waals surface area contributed by atoms with Gasteiger partial charge in [0, 0.05) is 31.0 Å². The molecule has 1 amide bonds. The molecule has 0 aliphatic carbocycles. The number of rotatable bonds is 6. The molecule has 0 aliphatic heterocycles. The van der Waals surface area contributed by atoms with E-state index in [4.69, 9.17) is 4.98 Å². The third kappa shape index (κ3) is 3.82. The lowest BCUT2D eigenvalue weighted by molar-refractivity contribution is 0.0986. The highest BCUT2D eigenvalue weighted by molar-refractivity contribution is 7.22. The number of imidazole rings is 1. The van der Waals surface area contributed by atoms with Crippen molar-refractivity contribution in [2.45, 2.75) is 26.8 Å². The van der Waals surface area contributed by atoms with Gasteiger partial charge in [-0.3, -0.25) is 9.69 Å². The molecule has 2 aromatic carbocycles. The monoisotopic (exact) mass is 390 g/mol. The van der Waals surface area contributed by atoms with Crippen molar-refractivity contribution in [3.63, 3.8) is 0 Å². The highest BCUT2D eigenvalue weighted by Crippen LogP contribution is 2.32. The van der Waals surface area contributed by atoms with Crippen LogP contribution in [0.25, 0.3) is 10.2 Å². The Labute approximate surface area is 168 Å². The normalized spacial score (nSPS) is 11.1. The van der Waals surface area contributed by atoms with E-state index in [1.807, 2.05) is 46.0 Å². The Bertz CT molecular complexity index is 1090. The highest BCUT2D eigenvalue weighted by atomic mass is 32.1. The van der Waals surface area contributed by atoms with Crippen LogP contribution >= 0.6 is 11.3 Å². The van der Waals surface area contributed by atoms with Crippen molar-refractivity contribution in [3.8, 4) is 0 Å². The van der Waals surface area contributed by atoms with Crippen LogP contribution in [0.2, 0.25) is 0 Å². The van der Waals surface area contributed by atoms with Crippen LogP contribution in [0.4, 0.5) is 5.13 Å². The minimum Gasteiger partial charge on any atom is -0.337 e. The van der Waals surface area contributed by atoms with Gasteiger partial charge in [-0.2, -0.15) is 0 Å². The number of hydrogen-bond donors (Lipinski definition) is 0. The molecule has 4 rings (SSSR count). The van der Waals surface area contributed by atoms with Gasteiger partial charge in [-0.05, 0) is 49.6 Å². The predicted molar refractivity (Wildman–Crippen MR) is 114 cm³/mol. The molecule has 6 heteroatoms. The molecule has 0 fully saturated rings. The number of amides is 1. The average molecular weight is 391 g/mol. The maximum Gasteiger partial charge on any atom is 0.260 e. The third-order valence-corrected chi connectivity index (χ3v) is 5.70. The van der Waals surface area contributed by atoms with Gasteiger partial charge < -0.3 is 4.57 Å². The van der Waals surface area contributed by atoms with Crippen LogP contribution in [-0.4, -0.2) is 27.0 Å². The molecule has 0 radical (unpaired) electrons. The van der Waals surface area contributed by atoms with Gasteiger partial charge in [0.25, 0.3) is 5.91 Å². The zero-order valence-corrected chi connectivity index (χ0v) is 16.8. The number of hydrogen-bond acceptors (Lipinski definition) is 4. The lowest BCUT2D eigenvalue weighted by Gasteiger charge is -2.20. The largest absolute Gasteiger partial charge is 0.337 e. The van der Waals surface area contributed by atoms with Gasteiger partial charge in [0.1, 0.15) is 0 Å². The topological polar surface area (TPSA) is 51.0 Å². The highest BCUT2D eigenvalue weighted by Gasteiger charge is 2.21. The second-order valence-electron chi connectivity index (χ2n) is 6.90. The zero-order valence-electron chi connectivity index (χ0n) is 16.0. The van der Waals surface area contributed by atoms with E-state index in [0.29, 0.717) is 12.1 Å². The molecular formula is C22H22N4OS. The summed E-state index contributed by atoms with van der Waals surface area (Å²) in [5, 5.41) is 0.753. The molecule has 142 valence electrons. The van der Waals surface area contributed by atoms with Crippen LogP contribution in [0.1, 0.15) is 27.9 Å². The van der Waals surface area contributed by atoms with Crippen molar-refractivity contribution >= 4 is 32.6 Å². The van der Waals surface area contributed by atoms with Crippen LogP contribution < -0.4 is 4.90 Å². The number of aryl methyl sites for hydroxylation is 3. The van der Waals surface area contributed by atoms with E-state index in [-0.39, 0.29) is 5.91 Å². The van der Waals surface area contributed by atoms with Gasteiger partial charge in [0.15, 0.2) is 5.13 Å². The quantitative estimate of drug-likeness (QED) is 0.473. The standard InChI is InChI=1S/C22H22N4OS/c1-16-13-17(2)20-19(14-16)28-22(24-20)26(11-6-10-25-12-9-23-15-25)21(27)18-7-4-3-5-8-18/h3-5,7-9,12-15H,6,10-11H2,1-2H3. The number of carbonyl (C=O) groups is 1. The van der Waals surface area contributed by atoms with E-state index in [0.717, 1.165) is 33.9 Å². The minimum absolute atomic E-state index is 0.0142. The molecule has 2 heterocycles. The second-order valence-corrected chi connectivity index (χ2v) is 7.91. The lowest BCUT2D eigenvalue weighted by atomic mass is 10.1. The van der Waals surface area contributed by atoms with E-state index in [9.17, 15) is 4.79 Å². The van der Waals surface area contributed by atoms with E-state index in [2.05, 4.69) is 31.0 Å². The summed E-state index contributed by atoms with van der Waals surface area (Å²) in [5.41, 5.74) is 4.01. The summed E-state index contributed by atoms with van der Waals surface area (Å²) in [6.45, 7) is 5.57. The Morgan fingerprint density at radius 1 is 1.18 bits per heavy atom. The first-order chi connectivity index (χ1) is 13.6. The summed E-state index contributed by atoms with van der Waals surface area (Å²) in [4.78, 5) is 24.0. The number of aromatic nitrogens is 3. The van der Waals surface area contributed by atoms with Crippen molar-refractivity contribution in [1.82, 2.24) is 14.5 Å². The van der Waals surface area contributed by atoms with Crippen LogP contribution in [0.15, 0.2) is 61.2 Å². The summed E-state index contributed by atoms with van der Waals surface area (Å²) in [6, 6.07) is 13.7. The first-order valence-corrected chi connectivity index (χ1v) is 10.1. The summed E-state index contributed by atoms with van der Waals surface area (Å²) in [5.74, 6) is -0.0142. The maximum atomic E-state index is 13.2. The molecular weight excluding hydrogens is 368 g/mol. The van der Waals surface area contributed by atoms with Gasteiger partial charge in [-0.1, -0.05) is 35.6 Å². The Morgan fingerprint density at radius 2 is 2.00 bits per heavy atom. The smallest absolute Gasteiger partial charge is 0.260 e. The van der Waals surface area contributed by atoms with Gasteiger partial charge in [0.2, 0.25) is 0 Å². The second kappa shape index (κ2) is 7.94. The summed E-state index contributed by atoms with van der Waals surface area (Å²) in [6.07, 6.45) is 6.33. The van der Waals surface area contributed by atoms with Crippen molar-refractivity contribution in [1.29, 1.82) is 0 Å². The molecule has 2 aromatic heterocycles. The zero-order chi connectivity index (χ0) is 19.5. The molecule has 0 N–H and O–H groups in total. The number of carbonyl (C=O) groups excluding carboxylic acids is 1. The van der Waals surface area contributed by atoms with Crippen LogP contribution in [0.3, 0.4) is 0 Å². The van der Waals surface area contributed by atoms with Crippen molar-refractivity contribution in [3.05, 3.63) is 77.9 Å². The van der Waals surface area contributed by atoms with Gasteiger partial charge in [-0.25, -0.2) is 9.97 Å². The first-order valence-electron chi connectivity index (χ1n) is 9.32. The molecule has 5 nitrogen and oxygen atoms in total. The number of benzene rings is 2. The molecule has 4 aromatic rings. The number of thiazole rings is 1. The molecule has 0 unspecified atom stereocenters. The fraction of sp³-hybridized carbons (Fsp3) is 0.227. The average Bonchev–Trinajstić information content (AvgIpc) is 3.35. The van der Waals surface area contributed by atoms with Crippen molar-refractivity contribution in [2.75, 3.05) is 11.4 Å². The molecule has 0 atom stereocenters. The Hall–Kier alpha value is -2.99. The molecule has 0 spiro atoms. The SMILES string of the molecule is Cc1cc(C)c2nc(N(CCCn3ccnc3)C(=O)c3ccccc3)sc2c1. The lowest BCUT2D eigenvalue weighted by Crippen LogP contribution is -2.32. The third-order valence-electron chi connectivity index (χ3n) is 4.67. The minimum atomic E-state index is -0.0142. The van der Waals surface area contributed by atoms with E-state index < -0.39 is 0 Å². The Kier molecular flexibility index (Phi) is 5.21. The van der Waals surface area contributed by atoms with Crippen molar-refractivity contribution < 1.29 is 4.79 Å². The van der Waals surface area contributed by atoms with Gasteiger partial charge >= 0.3 is 0 Å². The predicted octanol–water partition coefficient (Wildman–Crippen LogP) is 4.85. The molecule has 28 heavy (non-hydrogen) atoms. The van der Waals surface area contributed by atoms with E-state index in [1.54, 1.807) is 23.9 Å². The number of fused-ring (bicyclic) bond motifs is 1. The van der Waals surface area contributed by atoms with E-state index >= 15 is 0 Å².